The molecule has 0 atom stereocenters. The zero-order valence-corrected chi connectivity index (χ0v) is 39.0. The predicted molar refractivity (Wildman–Crippen MR) is 254 cm³/mol. The number of Topliss-reactive ketones (excluding diaryl/α,β-unsaturated/α-hetero) is 1. The van der Waals surface area contributed by atoms with Gasteiger partial charge in [0.05, 0.1) is 11.4 Å². The summed E-state index contributed by atoms with van der Waals surface area (Å²) in [7, 11) is 0. The van der Waals surface area contributed by atoms with Crippen LogP contribution in [0, 0.1) is 27.7 Å². The highest BCUT2D eigenvalue weighted by Crippen LogP contribution is 2.32. The number of hydrogen-bond donors (Lipinski definition) is 2. The number of carbonyl (C=O) groups excluding carboxylic acids is 1. The van der Waals surface area contributed by atoms with Gasteiger partial charge in [0.25, 0.3) is 0 Å². The monoisotopic (exact) mass is 877 g/mol. The average Bonchev–Trinajstić information content (AvgIpc) is 3.87. The number of carboxylic acid groups (broad SMARTS) is 2. The Labute approximate surface area is 381 Å². The van der Waals surface area contributed by atoms with E-state index >= 15 is 0 Å². The Morgan fingerprint density at radius 3 is 1.86 bits per heavy atom. The minimum Gasteiger partial charge on any atom is -0.478 e. The van der Waals surface area contributed by atoms with Crippen molar-refractivity contribution in [1.82, 2.24) is 14.9 Å². The minimum absolute atomic E-state index is 0.0236. The first kappa shape index (κ1) is 47.5. The maximum atomic E-state index is 12.9. The minimum atomic E-state index is -1.35. The van der Waals surface area contributed by atoms with Crippen molar-refractivity contribution >= 4 is 28.7 Å². The van der Waals surface area contributed by atoms with Crippen molar-refractivity contribution in [1.29, 1.82) is 0 Å². The van der Waals surface area contributed by atoms with Crippen molar-refractivity contribution in [3.05, 3.63) is 154 Å². The predicted octanol–water partition coefficient (Wildman–Crippen LogP) is 11.9. The molecule has 7 rings (SSSR count). The summed E-state index contributed by atoms with van der Waals surface area (Å²) in [5, 5.41) is 28.6. The molecule has 0 aliphatic carbocycles. The van der Waals surface area contributed by atoms with Crippen molar-refractivity contribution in [2.24, 2.45) is 0 Å². The van der Waals surface area contributed by atoms with E-state index in [1.54, 1.807) is 24.3 Å². The Bertz CT molecular complexity index is 2810. The third kappa shape index (κ3) is 11.8. The second-order valence-electron chi connectivity index (χ2n) is 18.0. The van der Waals surface area contributed by atoms with E-state index in [2.05, 4.69) is 112 Å². The molecule has 0 aliphatic rings. The Balaban J connectivity index is 0.000000215. The van der Waals surface area contributed by atoms with Crippen LogP contribution in [0.4, 0.5) is 0 Å². The molecule has 0 unspecified atom stereocenters. The Morgan fingerprint density at radius 1 is 0.662 bits per heavy atom. The van der Waals surface area contributed by atoms with Gasteiger partial charge in [-0.3, -0.25) is 9.48 Å². The number of hydrogen-bond acceptors (Lipinski definition) is 8. The number of benzene rings is 5. The molecule has 2 N–H and O–H groups in total. The lowest BCUT2D eigenvalue weighted by Gasteiger charge is -2.23. The van der Waals surface area contributed by atoms with Crippen molar-refractivity contribution in [3.8, 4) is 33.9 Å². The van der Waals surface area contributed by atoms with Gasteiger partial charge in [0, 0.05) is 40.7 Å². The van der Waals surface area contributed by atoms with Crippen LogP contribution in [0.15, 0.2) is 114 Å². The van der Waals surface area contributed by atoms with E-state index in [9.17, 15) is 24.6 Å². The van der Waals surface area contributed by atoms with Crippen molar-refractivity contribution in [2.75, 3.05) is 0 Å². The van der Waals surface area contributed by atoms with Crippen molar-refractivity contribution in [3.63, 3.8) is 0 Å². The van der Waals surface area contributed by atoms with Crippen LogP contribution in [0.2, 0.25) is 0 Å². The quantitative estimate of drug-likeness (QED) is 0.0897. The zero-order valence-electron chi connectivity index (χ0n) is 39.0. The molecule has 5 aromatic carbocycles. The molecule has 11 heteroatoms. The molecular formula is C54H59N3O8. The first-order valence-corrected chi connectivity index (χ1v) is 21.9. The highest BCUT2D eigenvalue weighted by molar-refractivity contribution is 5.96. The standard InChI is InChI=1S/C27H32N2O4.C27H27NO4/c1-17(2)29-22(16-23(28-29)20-9-7-18(3)8-10-20)12-13-24(30)21-11-14-25(19(4)15-21)33-27(5,6)26(31)32;1-17-8-11-20(12-9-17)21-7-5-6-19(15-21)10-13-23-22-14-18(2)24(16-25(22)32-28-23)31-27(3,4)26(29)30/h7-11,14-17H,12-13H2,1-6H3,(H,31,32);5-9,11-12,14-16H,10,13H2,1-4H3,(H,29,30). The second-order valence-corrected chi connectivity index (χ2v) is 18.0. The maximum absolute atomic E-state index is 12.9. The van der Waals surface area contributed by atoms with E-state index < -0.39 is 23.1 Å². The fourth-order valence-electron chi connectivity index (χ4n) is 7.22. The summed E-state index contributed by atoms with van der Waals surface area (Å²) in [6.07, 6.45) is 2.51. The fraction of sp³-hybridized carbons (Fsp3) is 0.315. The number of carboxylic acids is 2. The normalized spacial score (nSPS) is 11.6. The van der Waals surface area contributed by atoms with Crippen LogP contribution >= 0.6 is 0 Å². The number of aromatic nitrogens is 3. The van der Waals surface area contributed by atoms with Gasteiger partial charge in [-0.15, -0.1) is 0 Å². The highest BCUT2D eigenvalue weighted by Gasteiger charge is 2.31. The van der Waals surface area contributed by atoms with Crippen LogP contribution in [0.25, 0.3) is 33.4 Å². The number of ketones is 1. The van der Waals surface area contributed by atoms with E-state index in [0.29, 0.717) is 35.5 Å². The zero-order chi connectivity index (χ0) is 47.2. The van der Waals surface area contributed by atoms with Gasteiger partial charge < -0.3 is 24.2 Å². The summed E-state index contributed by atoms with van der Waals surface area (Å²) in [5.74, 6) is -1.11. The second kappa shape index (κ2) is 19.8. The molecule has 0 aliphatic heterocycles. The molecule has 338 valence electrons. The van der Waals surface area contributed by atoms with E-state index in [4.69, 9.17) is 19.1 Å². The summed E-state index contributed by atoms with van der Waals surface area (Å²) in [4.78, 5) is 35.6. The van der Waals surface area contributed by atoms with Crippen molar-refractivity contribution in [2.45, 2.75) is 112 Å². The molecule has 0 saturated carbocycles. The Kier molecular flexibility index (Phi) is 14.5. The maximum Gasteiger partial charge on any atom is 0.347 e. The Morgan fingerprint density at radius 2 is 1.26 bits per heavy atom. The van der Waals surface area contributed by atoms with Crippen LogP contribution in [0.5, 0.6) is 11.5 Å². The first-order valence-electron chi connectivity index (χ1n) is 21.9. The lowest BCUT2D eigenvalue weighted by Crippen LogP contribution is -2.38. The molecule has 0 fully saturated rings. The van der Waals surface area contributed by atoms with Crippen LogP contribution in [0.1, 0.15) is 104 Å². The van der Waals surface area contributed by atoms with E-state index in [0.717, 1.165) is 52.0 Å². The van der Waals surface area contributed by atoms with Gasteiger partial charge >= 0.3 is 11.9 Å². The first-order chi connectivity index (χ1) is 30.7. The van der Waals surface area contributed by atoms with Gasteiger partial charge in [0.15, 0.2) is 22.6 Å². The summed E-state index contributed by atoms with van der Waals surface area (Å²) >= 11 is 0. The number of carbonyl (C=O) groups is 3. The summed E-state index contributed by atoms with van der Waals surface area (Å²) in [6.45, 7) is 18.1. The van der Waals surface area contributed by atoms with Gasteiger partial charge in [-0.2, -0.15) is 5.10 Å². The highest BCUT2D eigenvalue weighted by atomic mass is 16.5. The molecule has 0 saturated heterocycles. The summed E-state index contributed by atoms with van der Waals surface area (Å²) < 4.78 is 18.9. The molecule has 0 bridgehead atoms. The van der Waals surface area contributed by atoms with Gasteiger partial charge in [-0.25, -0.2) is 9.59 Å². The number of nitrogens with zero attached hydrogens (tertiary/aromatic N) is 3. The topological polar surface area (TPSA) is 154 Å². The van der Waals surface area contributed by atoms with E-state index in [1.807, 2.05) is 24.6 Å². The molecule has 0 amide bonds. The third-order valence-corrected chi connectivity index (χ3v) is 11.3. The van der Waals surface area contributed by atoms with E-state index in [1.165, 1.54) is 55.5 Å². The summed E-state index contributed by atoms with van der Waals surface area (Å²) in [5.41, 5.74) is 10.0. The number of aliphatic carboxylic acids is 2. The number of aryl methyl sites for hydroxylation is 7. The molecule has 0 spiro atoms. The number of rotatable bonds is 16. The average molecular weight is 878 g/mol. The van der Waals surface area contributed by atoms with Gasteiger partial charge in [-0.1, -0.05) is 89.1 Å². The van der Waals surface area contributed by atoms with Crippen LogP contribution < -0.4 is 9.47 Å². The van der Waals surface area contributed by atoms with Crippen LogP contribution in [-0.4, -0.2) is 54.1 Å². The molecule has 2 aromatic heterocycles. The van der Waals surface area contributed by atoms with Crippen LogP contribution in [-0.2, 0) is 28.9 Å². The van der Waals surface area contributed by atoms with E-state index in [-0.39, 0.29) is 11.8 Å². The van der Waals surface area contributed by atoms with Crippen molar-refractivity contribution < 1.29 is 38.6 Å². The molecule has 65 heavy (non-hydrogen) atoms. The third-order valence-electron chi connectivity index (χ3n) is 11.3. The molecule has 2 heterocycles. The van der Waals surface area contributed by atoms with Gasteiger partial charge in [0.2, 0.25) is 0 Å². The largest absolute Gasteiger partial charge is 0.478 e. The number of fused-ring (bicyclic) bond motifs is 1. The number of ether oxygens (including phenoxy) is 2. The van der Waals surface area contributed by atoms with Gasteiger partial charge in [0.1, 0.15) is 11.5 Å². The molecule has 7 aromatic rings. The smallest absolute Gasteiger partial charge is 0.347 e. The van der Waals surface area contributed by atoms with Gasteiger partial charge in [-0.05, 0) is 147 Å². The molecule has 11 nitrogen and oxygen atoms in total. The lowest BCUT2D eigenvalue weighted by atomic mass is 9.99. The Hall–Kier alpha value is -7.01. The molecular weight excluding hydrogens is 819 g/mol. The fourth-order valence-corrected chi connectivity index (χ4v) is 7.22. The molecule has 0 radical (unpaired) electrons. The lowest BCUT2D eigenvalue weighted by molar-refractivity contribution is -0.152. The SMILES string of the molecule is Cc1ccc(-c2cc(CCC(=O)c3ccc(OC(C)(C)C(=O)O)c(C)c3)n(C(C)C)n2)cc1.Cc1ccc(-c2cccc(CCc3noc4cc(OC(C)(C)C(=O)O)c(C)cc34)c2)cc1. The summed E-state index contributed by atoms with van der Waals surface area (Å²) in [6, 6.07) is 36.4. The van der Waals surface area contributed by atoms with Crippen LogP contribution in [0.3, 0.4) is 0 Å².